The molecule has 1 aromatic heterocycles. The molecule has 6 heteroatoms. The maximum Gasteiger partial charge on any atom is 0.224 e. The maximum absolute atomic E-state index is 13.3. The Kier molecular flexibility index (Phi) is 7.67. The Labute approximate surface area is 202 Å². The summed E-state index contributed by atoms with van der Waals surface area (Å²) in [5.41, 5.74) is 4.21. The molecule has 0 saturated heterocycles. The maximum atomic E-state index is 13.3. The molecule has 1 fully saturated rings. The average molecular weight is 479 g/mol. The van der Waals surface area contributed by atoms with Gasteiger partial charge in [-0.15, -0.1) is 0 Å². The number of fused-ring (bicyclic) bond motifs is 1. The number of hydrogen-bond donors (Lipinski definition) is 1. The number of aromatic nitrogens is 1. The fraction of sp³-hybridized carbons (Fsp3) is 0.429. The van der Waals surface area contributed by atoms with E-state index in [2.05, 4.69) is 12.2 Å². The van der Waals surface area contributed by atoms with Gasteiger partial charge in [0.2, 0.25) is 5.91 Å². The van der Waals surface area contributed by atoms with E-state index in [9.17, 15) is 13.2 Å². The van der Waals surface area contributed by atoms with Crippen LogP contribution < -0.4 is 5.32 Å². The monoisotopic (exact) mass is 478 g/mol. The summed E-state index contributed by atoms with van der Waals surface area (Å²) in [4.78, 5) is 18.2. The normalized spacial score (nSPS) is 15.8. The molecule has 1 heterocycles. The van der Waals surface area contributed by atoms with Gasteiger partial charge in [-0.05, 0) is 49.3 Å². The highest BCUT2D eigenvalue weighted by Crippen LogP contribution is 2.32. The number of benzene rings is 2. The van der Waals surface area contributed by atoms with Crippen LogP contribution in [0, 0.1) is 5.92 Å². The predicted octanol–water partition coefficient (Wildman–Crippen LogP) is 5.12. The summed E-state index contributed by atoms with van der Waals surface area (Å²) in [6, 6.07) is 17.8. The van der Waals surface area contributed by atoms with E-state index in [1.807, 2.05) is 54.6 Å². The van der Waals surface area contributed by atoms with Crippen LogP contribution in [0.15, 0.2) is 54.6 Å². The molecule has 1 N–H and O–H groups in total. The Balaban J connectivity index is 1.74. The van der Waals surface area contributed by atoms with Gasteiger partial charge in [0.05, 0.1) is 23.4 Å². The third kappa shape index (κ3) is 6.03. The molecule has 0 spiro atoms. The lowest BCUT2D eigenvalue weighted by molar-refractivity contribution is -0.121. The Morgan fingerprint density at radius 1 is 1.00 bits per heavy atom. The summed E-state index contributed by atoms with van der Waals surface area (Å²) in [5.74, 6) is 0.519. The van der Waals surface area contributed by atoms with E-state index < -0.39 is 9.84 Å². The molecule has 2 aromatic carbocycles. The van der Waals surface area contributed by atoms with Crippen molar-refractivity contribution in [2.75, 3.05) is 12.0 Å². The highest BCUT2D eigenvalue weighted by Gasteiger charge is 2.24. The zero-order valence-corrected chi connectivity index (χ0v) is 20.9. The zero-order chi connectivity index (χ0) is 24.1. The third-order valence-electron chi connectivity index (χ3n) is 6.96. The molecule has 0 bridgehead atoms. The van der Waals surface area contributed by atoms with E-state index in [0.717, 1.165) is 46.1 Å². The number of para-hydroxylation sites is 1. The van der Waals surface area contributed by atoms with Crippen LogP contribution in [-0.2, 0) is 27.5 Å². The first-order chi connectivity index (χ1) is 16.3. The van der Waals surface area contributed by atoms with Crippen molar-refractivity contribution in [2.45, 2.75) is 57.9 Å². The van der Waals surface area contributed by atoms with Crippen LogP contribution >= 0.6 is 0 Å². The number of sulfone groups is 1. The van der Waals surface area contributed by atoms with E-state index >= 15 is 0 Å². The summed E-state index contributed by atoms with van der Waals surface area (Å²) in [7, 11) is -3.18. The lowest BCUT2D eigenvalue weighted by atomic mass is 9.84. The number of nitrogens with one attached hydrogen (secondary N) is 1. The van der Waals surface area contributed by atoms with Gasteiger partial charge in [0.15, 0.2) is 0 Å². The van der Waals surface area contributed by atoms with Gasteiger partial charge in [-0.3, -0.25) is 4.79 Å². The van der Waals surface area contributed by atoms with E-state index in [-0.39, 0.29) is 24.1 Å². The smallest absolute Gasteiger partial charge is 0.224 e. The van der Waals surface area contributed by atoms with Crippen molar-refractivity contribution in [2.24, 2.45) is 5.92 Å². The Hall–Kier alpha value is -2.73. The van der Waals surface area contributed by atoms with Crippen molar-refractivity contribution in [3.63, 3.8) is 0 Å². The van der Waals surface area contributed by atoms with Crippen molar-refractivity contribution >= 4 is 26.6 Å². The fourth-order valence-electron chi connectivity index (χ4n) is 5.13. The molecular formula is C28H34N2O3S. The van der Waals surface area contributed by atoms with E-state index in [1.54, 1.807) is 0 Å². The van der Waals surface area contributed by atoms with Gasteiger partial charge in [0.1, 0.15) is 9.84 Å². The molecule has 4 rings (SSSR count). The Morgan fingerprint density at radius 2 is 1.68 bits per heavy atom. The largest absolute Gasteiger partial charge is 0.353 e. The minimum atomic E-state index is -3.18. The van der Waals surface area contributed by atoms with Crippen molar-refractivity contribution in [3.05, 3.63) is 65.7 Å². The van der Waals surface area contributed by atoms with Crippen LogP contribution in [0.3, 0.4) is 0 Å². The first-order valence-corrected chi connectivity index (χ1v) is 14.3. The molecular weight excluding hydrogens is 444 g/mol. The second kappa shape index (κ2) is 10.7. The van der Waals surface area contributed by atoms with Gasteiger partial charge in [-0.1, -0.05) is 67.8 Å². The minimum absolute atomic E-state index is 0.0138. The van der Waals surface area contributed by atoms with Crippen molar-refractivity contribution in [1.82, 2.24) is 10.3 Å². The number of rotatable bonds is 8. The van der Waals surface area contributed by atoms with E-state index in [1.165, 1.54) is 25.5 Å². The number of carbonyl (C=O) groups is 1. The molecule has 1 aliphatic rings. The third-order valence-corrected chi connectivity index (χ3v) is 7.91. The molecule has 34 heavy (non-hydrogen) atoms. The number of carbonyl (C=O) groups excluding carboxylic acids is 1. The molecule has 1 atom stereocenters. The Bertz CT molecular complexity index is 1250. The highest BCUT2D eigenvalue weighted by molar-refractivity contribution is 7.90. The SMILES string of the molecule is CC(NC(=O)Cc1c(CCS(C)(=O)=O)c(-c2ccccc2)nc2ccccc12)C1CCCCC1. The van der Waals surface area contributed by atoms with Gasteiger partial charge >= 0.3 is 0 Å². The summed E-state index contributed by atoms with van der Waals surface area (Å²) in [6.45, 7) is 2.11. The molecule has 1 aliphatic carbocycles. The van der Waals surface area contributed by atoms with Gasteiger partial charge in [-0.25, -0.2) is 13.4 Å². The van der Waals surface area contributed by atoms with Gasteiger partial charge in [0, 0.05) is 23.2 Å². The molecule has 1 saturated carbocycles. The lowest BCUT2D eigenvalue weighted by Crippen LogP contribution is -2.39. The summed E-state index contributed by atoms with van der Waals surface area (Å²) < 4.78 is 24.1. The first-order valence-electron chi connectivity index (χ1n) is 12.2. The quantitative estimate of drug-likeness (QED) is 0.488. The topological polar surface area (TPSA) is 76.1 Å². The Morgan fingerprint density at radius 3 is 2.38 bits per heavy atom. The van der Waals surface area contributed by atoms with Gasteiger partial charge < -0.3 is 5.32 Å². The molecule has 0 aliphatic heterocycles. The molecule has 1 unspecified atom stereocenters. The van der Waals surface area contributed by atoms with E-state index in [0.29, 0.717) is 12.3 Å². The number of hydrogen-bond acceptors (Lipinski definition) is 4. The van der Waals surface area contributed by atoms with Crippen molar-refractivity contribution in [1.29, 1.82) is 0 Å². The number of nitrogens with zero attached hydrogens (tertiary/aromatic N) is 1. The minimum Gasteiger partial charge on any atom is -0.353 e. The number of pyridine rings is 1. The first kappa shape index (κ1) is 24.4. The average Bonchev–Trinajstić information content (AvgIpc) is 2.83. The van der Waals surface area contributed by atoms with Crippen LogP contribution in [0.25, 0.3) is 22.2 Å². The second-order valence-electron chi connectivity index (χ2n) is 9.61. The predicted molar refractivity (Wildman–Crippen MR) is 138 cm³/mol. The molecule has 5 nitrogen and oxygen atoms in total. The molecule has 1 amide bonds. The fourth-order valence-corrected chi connectivity index (χ4v) is 5.71. The van der Waals surface area contributed by atoms with Crippen molar-refractivity contribution in [3.8, 4) is 11.3 Å². The van der Waals surface area contributed by atoms with Crippen LogP contribution in [0.1, 0.15) is 50.2 Å². The van der Waals surface area contributed by atoms with Crippen molar-refractivity contribution < 1.29 is 13.2 Å². The molecule has 3 aromatic rings. The standard InChI is InChI=1S/C28H34N2O3S/c1-20(21-11-5-3-6-12-21)29-27(31)19-25-23-15-9-10-16-26(23)30-28(22-13-7-4-8-14-22)24(25)17-18-34(2,32)33/h4,7-10,13-16,20-21H,3,5-6,11-12,17-19H2,1-2H3,(H,29,31). The molecule has 180 valence electrons. The van der Waals surface area contributed by atoms with Crippen LogP contribution in [0.4, 0.5) is 0 Å². The zero-order valence-electron chi connectivity index (χ0n) is 20.1. The second-order valence-corrected chi connectivity index (χ2v) is 11.9. The molecule has 0 radical (unpaired) electrons. The lowest BCUT2D eigenvalue weighted by Gasteiger charge is -2.28. The van der Waals surface area contributed by atoms with Crippen LogP contribution in [0.2, 0.25) is 0 Å². The number of amides is 1. The summed E-state index contributed by atoms with van der Waals surface area (Å²) >= 11 is 0. The van der Waals surface area contributed by atoms with Gasteiger partial charge in [-0.2, -0.15) is 0 Å². The van der Waals surface area contributed by atoms with Crippen LogP contribution in [0.5, 0.6) is 0 Å². The summed E-state index contributed by atoms with van der Waals surface area (Å²) in [6.07, 6.45) is 7.86. The van der Waals surface area contributed by atoms with Gasteiger partial charge in [0.25, 0.3) is 0 Å². The highest BCUT2D eigenvalue weighted by atomic mass is 32.2. The summed E-state index contributed by atoms with van der Waals surface area (Å²) in [5, 5.41) is 4.15. The van der Waals surface area contributed by atoms with E-state index in [4.69, 9.17) is 4.98 Å². The van der Waals surface area contributed by atoms with Crippen LogP contribution in [-0.4, -0.2) is 37.4 Å².